The Morgan fingerprint density at radius 3 is 2.03 bits per heavy atom. The first-order chi connectivity index (χ1) is 15.4. The van der Waals surface area contributed by atoms with Crippen molar-refractivity contribution in [3.8, 4) is 5.75 Å². The molecule has 0 saturated carbocycles. The molecule has 0 atom stereocenters. The van der Waals surface area contributed by atoms with Gasteiger partial charge in [0.2, 0.25) is 0 Å². The smallest absolute Gasteiger partial charge is 0.282 e. The van der Waals surface area contributed by atoms with Gasteiger partial charge in [-0.2, -0.15) is 0 Å². The molecule has 1 fully saturated rings. The number of imide groups is 1. The highest BCUT2D eigenvalue weighted by Crippen LogP contribution is 2.36. The third-order valence-electron chi connectivity index (χ3n) is 5.72. The molecule has 0 aromatic heterocycles. The summed E-state index contributed by atoms with van der Waals surface area (Å²) in [6.45, 7) is 10.4. The van der Waals surface area contributed by atoms with Crippen molar-refractivity contribution < 1.29 is 19.1 Å². The van der Waals surface area contributed by atoms with Crippen LogP contribution in [0.4, 0.5) is 5.69 Å². The van der Waals surface area contributed by atoms with E-state index in [1.54, 1.807) is 0 Å². The maximum absolute atomic E-state index is 13.6. The summed E-state index contributed by atoms with van der Waals surface area (Å²) in [6, 6.07) is 15.0. The minimum atomic E-state index is -0.300. The van der Waals surface area contributed by atoms with Crippen LogP contribution >= 0.6 is 0 Å². The van der Waals surface area contributed by atoms with E-state index >= 15 is 0 Å². The second kappa shape index (κ2) is 9.17. The van der Waals surface area contributed by atoms with Crippen LogP contribution in [0.15, 0.2) is 54.2 Å². The molecule has 0 bridgehead atoms. The average molecular weight is 435 g/mol. The number of carbonyl (C=O) groups excluding carboxylic acids is 2. The molecular weight excluding hydrogens is 404 g/mol. The standard InChI is InChI=1S/C26H30N2O4/c1-17(2)19-5-9-21(10-6-19)28-25(29)23(20-7-11-22(12-8-20)32-18(3)4)24(26(28)30)27-13-15-31-16-14-27/h5-12,17-18H,13-16H2,1-4H3. The average Bonchev–Trinajstić information content (AvgIpc) is 3.04. The van der Waals surface area contributed by atoms with E-state index in [0.29, 0.717) is 54.7 Å². The van der Waals surface area contributed by atoms with Crippen LogP contribution in [0, 0.1) is 0 Å². The van der Waals surface area contributed by atoms with Crippen LogP contribution in [0.1, 0.15) is 44.7 Å². The van der Waals surface area contributed by atoms with Gasteiger partial charge in [-0.15, -0.1) is 0 Å². The zero-order valence-electron chi connectivity index (χ0n) is 19.1. The van der Waals surface area contributed by atoms with E-state index in [9.17, 15) is 9.59 Å². The largest absolute Gasteiger partial charge is 0.491 e. The zero-order chi connectivity index (χ0) is 22.8. The molecule has 2 amide bonds. The summed E-state index contributed by atoms with van der Waals surface area (Å²) in [5.74, 6) is 0.520. The minimum absolute atomic E-state index is 0.0583. The Labute approximate surface area is 189 Å². The van der Waals surface area contributed by atoms with Crippen LogP contribution in [0.3, 0.4) is 0 Å². The zero-order valence-corrected chi connectivity index (χ0v) is 19.1. The predicted molar refractivity (Wildman–Crippen MR) is 125 cm³/mol. The van der Waals surface area contributed by atoms with Gasteiger partial charge in [0.05, 0.1) is 30.6 Å². The maximum Gasteiger partial charge on any atom is 0.282 e. The van der Waals surface area contributed by atoms with Crippen molar-refractivity contribution in [1.29, 1.82) is 0 Å². The van der Waals surface area contributed by atoms with Crippen LogP contribution < -0.4 is 9.64 Å². The van der Waals surface area contributed by atoms with Crippen molar-refractivity contribution >= 4 is 23.1 Å². The molecule has 0 spiro atoms. The highest BCUT2D eigenvalue weighted by molar-refractivity contribution is 6.45. The molecule has 2 aromatic rings. The van der Waals surface area contributed by atoms with Crippen molar-refractivity contribution in [2.24, 2.45) is 0 Å². The summed E-state index contributed by atoms with van der Waals surface area (Å²) >= 11 is 0. The number of hydrogen-bond acceptors (Lipinski definition) is 5. The molecule has 0 radical (unpaired) electrons. The molecule has 4 rings (SSSR count). The lowest BCUT2D eigenvalue weighted by Crippen LogP contribution is -2.40. The summed E-state index contributed by atoms with van der Waals surface area (Å²) in [7, 11) is 0. The third kappa shape index (κ3) is 4.28. The van der Waals surface area contributed by atoms with Gasteiger partial charge >= 0.3 is 0 Å². The van der Waals surface area contributed by atoms with Crippen molar-refractivity contribution in [3.63, 3.8) is 0 Å². The highest BCUT2D eigenvalue weighted by Gasteiger charge is 2.42. The van der Waals surface area contributed by atoms with Crippen molar-refractivity contribution in [1.82, 2.24) is 4.90 Å². The third-order valence-corrected chi connectivity index (χ3v) is 5.72. The molecule has 0 unspecified atom stereocenters. The molecule has 2 aromatic carbocycles. The SMILES string of the molecule is CC(C)Oc1ccc(C2=C(N3CCOCC3)C(=O)N(c3ccc(C(C)C)cc3)C2=O)cc1. The summed E-state index contributed by atoms with van der Waals surface area (Å²) in [4.78, 5) is 30.4. The van der Waals surface area contributed by atoms with E-state index in [2.05, 4.69) is 13.8 Å². The fraction of sp³-hybridized carbons (Fsp3) is 0.385. The monoisotopic (exact) mass is 434 g/mol. The first-order valence-electron chi connectivity index (χ1n) is 11.2. The molecule has 2 aliphatic rings. The number of amides is 2. The number of nitrogens with zero attached hydrogens (tertiary/aromatic N) is 2. The van der Waals surface area contributed by atoms with Gasteiger partial charge in [0.25, 0.3) is 11.8 Å². The number of ether oxygens (including phenoxy) is 2. The Balaban J connectivity index is 1.73. The van der Waals surface area contributed by atoms with E-state index in [4.69, 9.17) is 9.47 Å². The second-order valence-corrected chi connectivity index (χ2v) is 8.71. The van der Waals surface area contributed by atoms with E-state index in [1.807, 2.05) is 67.3 Å². The van der Waals surface area contributed by atoms with Crippen LogP contribution in [0.2, 0.25) is 0 Å². The minimum Gasteiger partial charge on any atom is -0.491 e. The highest BCUT2D eigenvalue weighted by atomic mass is 16.5. The summed E-state index contributed by atoms with van der Waals surface area (Å²) in [6.07, 6.45) is 0.0583. The van der Waals surface area contributed by atoms with E-state index in [-0.39, 0.29) is 17.9 Å². The number of benzene rings is 2. The Morgan fingerprint density at radius 2 is 1.47 bits per heavy atom. The quantitative estimate of drug-likeness (QED) is 0.638. The van der Waals surface area contributed by atoms with E-state index in [0.717, 1.165) is 11.3 Å². The van der Waals surface area contributed by atoms with Crippen molar-refractivity contribution in [2.75, 3.05) is 31.2 Å². The lowest BCUT2D eigenvalue weighted by Gasteiger charge is -2.29. The predicted octanol–water partition coefficient (Wildman–Crippen LogP) is 4.21. The van der Waals surface area contributed by atoms with Crippen LogP contribution in [-0.2, 0) is 14.3 Å². The Bertz CT molecular complexity index is 1020. The number of anilines is 1. The fourth-order valence-electron chi connectivity index (χ4n) is 4.07. The van der Waals surface area contributed by atoms with Gasteiger partial charge in [0.15, 0.2) is 0 Å². The molecule has 1 saturated heterocycles. The van der Waals surface area contributed by atoms with Crippen molar-refractivity contribution in [2.45, 2.75) is 39.7 Å². The number of rotatable bonds is 6. The Morgan fingerprint density at radius 1 is 0.844 bits per heavy atom. The molecule has 2 aliphatic heterocycles. The topological polar surface area (TPSA) is 59.1 Å². The van der Waals surface area contributed by atoms with Gasteiger partial charge in [0, 0.05) is 13.1 Å². The van der Waals surface area contributed by atoms with E-state index in [1.165, 1.54) is 4.90 Å². The first-order valence-corrected chi connectivity index (χ1v) is 11.2. The summed E-state index contributed by atoms with van der Waals surface area (Å²) < 4.78 is 11.2. The van der Waals surface area contributed by atoms with Gasteiger partial charge in [-0.05, 0) is 55.2 Å². The van der Waals surface area contributed by atoms with E-state index < -0.39 is 0 Å². The lowest BCUT2D eigenvalue weighted by molar-refractivity contribution is -0.121. The second-order valence-electron chi connectivity index (χ2n) is 8.71. The molecule has 0 aliphatic carbocycles. The lowest BCUT2D eigenvalue weighted by atomic mass is 10.0. The molecule has 0 N–H and O–H groups in total. The van der Waals surface area contributed by atoms with Gasteiger partial charge in [-0.1, -0.05) is 38.1 Å². The normalized spacial score (nSPS) is 17.2. The molecule has 6 nitrogen and oxygen atoms in total. The van der Waals surface area contributed by atoms with Crippen molar-refractivity contribution in [3.05, 3.63) is 65.4 Å². The number of morpholine rings is 1. The summed E-state index contributed by atoms with van der Waals surface area (Å²) in [5, 5.41) is 0. The number of carbonyl (C=O) groups is 2. The van der Waals surface area contributed by atoms with Crippen LogP contribution in [0.25, 0.3) is 5.57 Å². The maximum atomic E-state index is 13.6. The van der Waals surface area contributed by atoms with Gasteiger partial charge in [0.1, 0.15) is 11.4 Å². The first kappa shape index (κ1) is 22.1. The van der Waals surface area contributed by atoms with Gasteiger partial charge in [-0.25, -0.2) is 4.90 Å². The van der Waals surface area contributed by atoms with Crippen LogP contribution in [0.5, 0.6) is 5.75 Å². The Hall–Kier alpha value is -3.12. The molecule has 32 heavy (non-hydrogen) atoms. The van der Waals surface area contributed by atoms with Gasteiger partial charge in [-0.3, -0.25) is 9.59 Å². The molecule has 168 valence electrons. The molecular formula is C26H30N2O4. The van der Waals surface area contributed by atoms with Gasteiger partial charge < -0.3 is 14.4 Å². The summed E-state index contributed by atoms with van der Waals surface area (Å²) in [5.41, 5.74) is 3.34. The molecule has 6 heteroatoms. The fourth-order valence-corrected chi connectivity index (χ4v) is 4.07. The van der Waals surface area contributed by atoms with Crippen LogP contribution in [-0.4, -0.2) is 49.1 Å². The molecule has 2 heterocycles. The number of hydrogen-bond donors (Lipinski definition) is 0. The Kier molecular flexibility index (Phi) is 6.33.